The van der Waals surface area contributed by atoms with E-state index in [2.05, 4.69) is 33.9 Å². The molecule has 3 aliphatic heterocycles. The van der Waals surface area contributed by atoms with Crippen LogP contribution in [0.1, 0.15) is 24.1 Å². The monoisotopic (exact) mass is 422 g/mol. The maximum Gasteiger partial charge on any atom is 0.252 e. The van der Waals surface area contributed by atoms with E-state index in [4.69, 9.17) is 4.42 Å². The summed E-state index contributed by atoms with van der Waals surface area (Å²) in [4.78, 5) is 24.2. The molecule has 1 amide bonds. The molecule has 5 heterocycles. The zero-order valence-electron chi connectivity index (χ0n) is 17.7. The number of carbonyl (C=O) groups excluding carboxylic acids is 1. The van der Waals surface area contributed by atoms with E-state index in [1.54, 1.807) is 6.08 Å². The fourth-order valence-electron chi connectivity index (χ4n) is 4.42. The number of pyridine rings is 1. The highest BCUT2D eigenvalue weighted by Gasteiger charge is 2.31. The number of aromatic nitrogens is 1. The lowest BCUT2D eigenvalue weighted by Crippen LogP contribution is -2.46. The fourth-order valence-corrected chi connectivity index (χ4v) is 5.74. The molecule has 1 fully saturated rings. The van der Waals surface area contributed by atoms with Crippen LogP contribution in [0.25, 0.3) is 16.3 Å². The first-order valence-corrected chi connectivity index (χ1v) is 11.7. The van der Waals surface area contributed by atoms with Crippen LogP contribution < -0.4 is 0 Å². The van der Waals surface area contributed by atoms with Crippen LogP contribution in [-0.4, -0.2) is 64.1 Å². The molecule has 3 aliphatic rings. The lowest BCUT2D eigenvalue weighted by molar-refractivity contribution is -0.123. The molecule has 2 atom stereocenters. The Morgan fingerprint density at radius 3 is 2.77 bits per heavy atom. The van der Waals surface area contributed by atoms with E-state index in [-0.39, 0.29) is 11.7 Å². The smallest absolute Gasteiger partial charge is 0.252 e. The average Bonchev–Trinajstić information content (AvgIpc) is 3.18. The second kappa shape index (κ2) is 7.68. The Hall–Kier alpha value is -2.43. The first-order valence-electron chi connectivity index (χ1n) is 10.6. The zero-order valence-corrected chi connectivity index (χ0v) is 18.7. The van der Waals surface area contributed by atoms with Gasteiger partial charge in [0.25, 0.3) is 5.91 Å². The molecular formula is C23H27N4O2P. The van der Waals surface area contributed by atoms with E-state index < -0.39 is 0 Å². The van der Waals surface area contributed by atoms with E-state index >= 15 is 0 Å². The Balaban J connectivity index is 1.38. The third-order valence-electron chi connectivity index (χ3n) is 6.09. The van der Waals surface area contributed by atoms with E-state index in [9.17, 15) is 4.79 Å². The highest BCUT2D eigenvalue weighted by molar-refractivity contribution is 7.51. The van der Waals surface area contributed by atoms with Crippen LogP contribution in [-0.2, 0) is 4.79 Å². The quantitative estimate of drug-likeness (QED) is 0.707. The predicted molar refractivity (Wildman–Crippen MR) is 121 cm³/mol. The highest BCUT2D eigenvalue weighted by atomic mass is 31.1. The normalized spacial score (nSPS) is 23.2. The Labute approximate surface area is 178 Å². The number of aryl methyl sites for hydroxylation is 2. The first kappa shape index (κ1) is 19.5. The Bertz CT molecular complexity index is 1090. The summed E-state index contributed by atoms with van der Waals surface area (Å²) < 4.78 is 6.11. The van der Waals surface area contributed by atoms with Crippen molar-refractivity contribution in [3.8, 4) is 0 Å². The summed E-state index contributed by atoms with van der Waals surface area (Å²) in [6.07, 6.45) is 8.13. The van der Waals surface area contributed by atoms with E-state index in [0.29, 0.717) is 8.58 Å². The molecule has 0 N–H and O–H groups in total. The molecule has 6 nitrogen and oxygen atoms in total. The minimum Gasteiger partial charge on any atom is -0.454 e. The fraction of sp³-hybridized carbons (Fsp3) is 0.391. The summed E-state index contributed by atoms with van der Waals surface area (Å²) in [6, 6.07) is 4.07. The lowest BCUT2D eigenvalue weighted by atomic mass is 10.2. The minimum absolute atomic E-state index is 0.0225. The number of nitrogens with zero attached hydrogens (tertiary/aromatic N) is 4. The number of amides is 1. The van der Waals surface area contributed by atoms with Gasteiger partial charge in [0, 0.05) is 54.8 Å². The van der Waals surface area contributed by atoms with Crippen molar-refractivity contribution in [1.29, 1.82) is 0 Å². The number of fused-ring (bicyclic) bond motifs is 2. The molecule has 0 bridgehead atoms. The molecule has 0 aliphatic carbocycles. The van der Waals surface area contributed by atoms with Crippen molar-refractivity contribution in [2.45, 2.75) is 26.6 Å². The van der Waals surface area contributed by atoms with Crippen LogP contribution in [0.15, 0.2) is 46.7 Å². The van der Waals surface area contributed by atoms with Gasteiger partial charge in [0.15, 0.2) is 5.58 Å². The molecule has 156 valence electrons. The number of rotatable bonds is 3. The van der Waals surface area contributed by atoms with Crippen LogP contribution in [0.4, 0.5) is 0 Å². The Kier molecular flexibility index (Phi) is 5.00. The Morgan fingerprint density at radius 2 is 2.00 bits per heavy atom. The molecule has 2 aromatic heterocycles. The van der Waals surface area contributed by atoms with Crippen LogP contribution in [0, 0.1) is 13.8 Å². The standard InChI is InChI=1S/C23H27N4O2P/c1-4-25-7-9-26(10-8-25)18-5-6-22-27(14-18)21(28)13-20(30-22)19-12-17-11-15(2)24-16(3)23(17)29-19/h5-6,11-14,22,30H,4,7-10H2,1-3H3. The second-order valence-corrected chi connectivity index (χ2v) is 9.52. The SMILES string of the molecule is CCN1CCN(C2=CN3C(=O)C=C(c4cc5cc(C)nc(C)c5o4)PC3C=C2)CC1. The molecular weight excluding hydrogens is 395 g/mol. The largest absolute Gasteiger partial charge is 0.454 e. The molecule has 7 heteroatoms. The molecule has 5 rings (SSSR count). The van der Waals surface area contributed by atoms with Crippen molar-refractivity contribution in [2.24, 2.45) is 0 Å². The third-order valence-corrected chi connectivity index (χ3v) is 7.56. The van der Waals surface area contributed by atoms with Gasteiger partial charge in [-0.2, -0.15) is 0 Å². The average molecular weight is 422 g/mol. The van der Waals surface area contributed by atoms with Gasteiger partial charge >= 0.3 is 0 Å². The van der Waals surface area contributed by atoms with Crippen LogP contribution in [0.2, 0.25) is 0 Å². The number of allylic oxidation sites excluding steroid dienone is 1. The van der Waals surface area contributed by atoms with Gasteiger partial charge < -0.3 is 19.1 Å². The molecule has 30 heavy (non-hydrogen) atoms. The van der Waals surface area contributed by atoms with E-state index in [0.717, 1.165) is 71.9 Å². The van der Waals surface area contributed by atoms with Crippen LogP contribution in [0.5, 0.6) is 0 Å². The second-order valence-electron chi connectivity index (χ2n) is 8.11. The van der Waals surface area contributed by atoms with Crippen LogP contribution in [0.3, 0.4) is 0 Å². The summed E-state index contributed by atoms with van der Waals surface area (Å²) >= 11 is 0. The first-order chi connectivity index (χ1) is 14.5. The van der Waals surface area contributed by atoms with Crippen molar-refractivity contribution >= 4 is 30.8 Å². The van der Waals surface area contributed by atoms with E-state index in [1.807, 2.05) is 37.1 Å². The van der Waals surface area contributed by atoms with Gasteiger partial charge in [-0.1, -0.05) is 21.6 Å². The van der Waals surface area contributed by atoms with Gasteiger partial charge in [-0.05, 0) is 38.6 Å². The van der Waals surface area contributed by atoms with Crippen molar-refractivity contribution < 1.29 is 9.21 Å². The van der Waals surface area contributed by atoms with Crippen molar-refractivity contribution in [3.05, 3.63) is 59.4 Å². The topological polar surface area (TPSA) is 52.8 Å². The van der Waals surface area contributed by atoms with Crippen molar-refractivity contribution in [2.75, 3.05) is 32.7 Å². The van der Waals surface area contributed by atoms with Gasteiger partial charge in [-0.25, -0.2) is 0 Å². The van der Waals surface area contributed by atoms with Crippen molar-refractivity contribution in [3.63, 3.8) is 0 Å². The molecule has 0 spiro atoms. The maximum absolute atomic E-state index is 13.0. The number of hydrogen-bond acceptors (Lipinski definition) is 5. The molecule has 1 saturated heterocycles. The van der Waals surface area contributed by atoms with Crippen LogP contribution >= 0.6 is 8.58 Å². The van der Waals surface area contributed by atoms with Gasteiger partial charge in [-0.3, -0.25) is 9.78 Å². The zero-order chi connectivity index (χ0) is 20.8. The number of likely N-dealkylation sites (N-methyl/N-ethyl adjacent to an activating group) is 1. The number of piperazine rings is 1. The summed E-state index contributed by atoms with van der Waals surface area (Å²) in [5, 5.41) is 2.02. The number of carbonyl (C=O) groups is 1. The van der Waals surface area contributed by atoms with E-state index in [1.165, 1.54) is 0 Å². The number of hydrogen-bond donors (Lipinski definition) is 0. The highest BCUT2D eigenvalue weighted by Crippen LogP contribution is 2.46. The molecule has 0 aromatic carbocycles. The predicted octanol–water partition coefficient (Wildman–Crippen LogP) is 3.68. The summed E-state index contributed by atoms with van der Waals surface area (Å²) in [7, 11) is 0.453. The molecule has 0 radical (unpaired) electrons. The van der Waals surface area contributed by atoms with Gasteiger partial charge in [0.05, 0.1) is 17.2 Å². The number of furan rings is 1. The third kappa shape index (κ3) is 3.48. The Morgan fingerprint density at radius 1 is 1.20 bits per heavy atom. The van der Waals surface area contributed by atoms with Gasteiger partial charge in [-0.15, -0.1) is 0 Å². The maximum atomic E-state index is 13.0. The summed E-state index contributed by atoms with van der Waals surface area (Å²) in [6.45, 7) is 11.4. The van der Waals surface area contributed by atoms with Crippen molar-refractivity contribution in [1.82, 2.24) is 19.7 Å². The lowest BCUT2D eigenvalue weighted by Gasteiger charge is -2.39. The molecule has 2 aromatic rings. The minimum atomic E-state index is 0.0225. The summed E-state index contributed by atoms with van der Waals surface area (Å²) in [5.41, 5.74) is 3.81. The molecule has 0 saturated carbocycles. The molecule has 2 unspecified atom stereocenters. The van der Waals surface area contributed by atoms with Gasteiger partial charge in [0.1, 0.15) is 5.76 Å². The summed E-state index contributed by atoms with van der Waals surface area (Å²) in [5.74, 6) is 0.868. The van der Waals surface area contributed by atoms with Gasteiger partial charge in [0.2, 0.25) is 0 Å².